The molecule has 3 amide bonds. The number of halogens is 3. The van der Waals surface area contributed by atoms with Crippen LogP contribution in [0.4, 0.5) is 4.39 Å². The molecule has 1 unspecified atom stereocenters. The van der Waals surface area contributed by atoms with Crippen LogP contribution in [0.5, 0.6) is 0 Å². The quantitative estimate of drug-likeness (QED) is 0.723. The van der Waals surface area contributed by atoms with E-state index in [2.05, 4.69) is 0 Å². The fraction of sp³-hybridized carbons (Fsp3) is 0.211. The van der Waals surface area contributed by atoms with Crippen molar-refractivity contribution in [3.63, 3.8) is 0 Å². The van der Waals surface area contributed by atoms with E-state index in [4.69, 9.17) is 23.2 Å². The summed E-state index contributed by atoms with van der Waals surface area (Å²) in [4.78, 5) is 40.3. The summed E-state index contributed by atoms with van der Waals surface area (Å²) in [5.74, 6) is -1.98. The van der Waals surface area contributed by atoms with Crippen LogP contribution in [0.3, 0.4) is 0 Å². The van der Waals surface area contributed by atoms with Crippen LogP contribution in [0.25, 0.3) is 0 Å². The third kappa shape index (κ3) is 3.55. The van der Waals surface area contributed by atoms with Gasteiger partial charge in [-0.1, -0.05) is 35.3 Å². The van der Waals surface area contributed by atoms with Gasteiger partial charge in [-0.15, -0.1) is 0 Å². The number of amides is 3. The van der Waals surface area contributed by atoms with Crippen LogP contribution in [0, 0.1) is 5.82 Å². The van der Waals surface area contributed by atoms with Gasteiger partial charge in [0.05, 0.1) is 21.2 Å². The zero-order chi connectivity index (χ0) is 19.9. The van der Waals surface area contributed by atoms with E-state index in [-0.39, 0.29) is 33.5 Å². The third-order valence-corrected chi connectivity index (χ3v) is 5.13. The van der Waals surface area contributed by atoms with E-state index in [9.17, 15) is 18.8 Å². The highest BCUT2D eigenvalue weighted by molar-refractivity contribution is 6.43. The van der Waals surface area contributed by atoms with Crippen LogP contribution in [-0.4, -0.2) is 40.6 Å². The van der Waals surface area contributed by atoms with E-state index in [1.54, 1.807) is 19.2 Å². The second kappa shape index (κ2) is 7.29. The van der Waals surface area contributed by atoms with Gasteiger partial charge in [-0.2, -0.15) is 0 Å². The highest BCUT2D eigenvalue weighted by atomic mass is 35.5. The van der Waals surface area contributed by atoms with Crippen LogP contribution >= 0.6 is 23.2 Å². The number of imide groups is 1. The summed E-state index contributed by atoms with van der Waals surface area (Å²) in [6.07, 6.45) is 0. The second-order valence-corrected chi connectivity index (χ2v) is 7.10. The molecule has 1 aliphatic heterocycles. The van der Waals surface area contributed by atoms with Crippen LogP contribution in [0.15, 0.2) is 36.4 Å². The van der Waals surface area contributed by atoms with Gasteiger partial charge < -0.3 is 4.90 Å². The normalized spacial score (nSPS) is 14.3. The highest BCUT2D eigenvalue weighted by Crippen LogP contribution is 2.32. The van der Waals surface area contributed by atoms with Gasteiger partial charge in [0.1, 0.15) is 11.9 Å². The predicted molar refractivity (Wildman–Crippen MR) is 99.3 cm³/mol. The van der Waals surface area contributed by atoms with E-state index < -0.39 is 23.8 Å². The summed E-state index contributed by atoms with van der Waals surface area (Å²) in [7, 11) is 1.55. The second-order valence-electron chi connectivity index (χ2n) is 6.29. The molecule has 0 aliphatic carbocycles. The monoisotopic (exact) mass is 408 g/mol. The Morgan fingerprint density at radius 2 is 1.56 bits per heavy atom. The lowest BCUT2D eigenvalue weighted by Gasteiger charge is -2.26. The van der Waals surface area contributed by atoms with E-state index in [1.807, 2.05) is 0 Å². The van der Waals surface area contributed by atoms with Gasteiger partial charge in [-0.05, 0) is 36.8 Å². The van der Waals surface area contributed by atoms with Crippen molar-refractivity contribution >= 4 is 40.9 Å². The molecule has 5 nitrogen and oxygen atoms in total. The molecule has 1 atom stereocenters. The molecule has 0 spiro atoms. The maximum atomic E-state index is 13.0. The third-order valence-electron chi connectivity index (χ3n) is 4.41. The van der Waals surface area contributed by atoms with Gasteiger partial charge in [0.15, 0.2) is 0 Å². The Morgan fingerprint density at radius 3 is 2.04 bits per heavy atom. The summed E-state index contributed by atoms with van der Waals surface area (Å²) in [5.41, 5.74) is 0.964. The minimum absolute atomic E-state index is 0.121. The minimum Gasteiger partial charge on any atom is -0.340 e. The Kier molecular flexibility index (Phi) is 5.22. The zero-order valence-corrected chi connectivity index (χ0v) is 16.0. The van der Waals surface area contributed by atoms with Gasteiger partial charge in [-0.25, -0.2) is 4.39 Å². The molecule has 0 radical (unpaired) electrons. The molecule has 3 rings (SSSR count). The smallest absolute Gasteiger partial charge is 0.262 e. The van der Waals surface area contributed by atoms with Gasteiger partial charge in [0, 0.05) is 13.6 Å². The zero-order valence-electron chi connectivity index (χ0n) is 14.5. The molecule has 8 heteroatoms. The van der Waals surface area contributed by atoms with Crippen molar-refractivity contribution in [1.29, 1.82) is 0 Å². The van der Waals surface area contributed by atoms with Crippen molar-refractivity contribution in [2.75, 3.05) is 7.05 Å². The summed E-state index contributed by atoms with van der Waals surface area (Å²) in [5, 5.41) is 0.316. The molecule has 2 aromatic rings. The first-order chi connectivity index (χ1) is 12.7. The Hall–Kier alpha value is -2.44. The summed E-state index contributed by atoms with van der Waals surface area (Å²) < 4.78 is 13.0. The summed E-state index contributed by atoms with van der Waals surface area (Å²) >= 11 is 11.9. The van der Waals surface area contributed by atoms with Crippen molar-refractivity contribution in [3.05, 3.63) is 69.0 Å². The first-order valence-corrected chi connectivity index (χ1v) is 8.82. The number of benzene rings is 2. The van der Waals surface area contributed by atoms with Gasteiger partial charge >= 0.3 is 0 Å². The number of carbonyl (C=O) groups is 3. The van der Waals surface area contributed by atoms with Crippen molar-refractivity contribution in [2.24, 2.45) is 0 Å². The first-order valence-electron chi connectivity index (χ1n) is 8.07. The number of carbonyl (C=O) groups excluding carboxylic acids is 3. The molecular weight excluding hydrogens is 394 g/mol. The SMILES string of the molecule is CC(C(=O)N(C)Cc1ccc(F)cc1)N1C(=O)c2cc(Cl)c(Cl)cc2C1=O. The standard InChI is InChI=1S/C19H15Cl2FN2O3/c1-10(17(25)23(2)9-11-3-5-12(22)6-4-11)24-18(26)13-7-15(20)16(21)8-14(13)19(24)27/h3-8,10H,9H2,1-2H3. The molecule has 0 fully saturated rings. The molecule has 1 heterocycles. The van der Waals surface area contributed by atoms with Gasteiger partial charge in [-0.3, -0.25) is 19.3 Å². The van der Waals surface area contributed by atoms with Gasteiger partial charge in [0.2, 0.25) is 5.91 Å². The number of rotatable bonds is 4. The topological polar surface area (TPSA) is 57.7 Å². The molecule has 0 saturated carbocycles. The molecule has 0 bridgehead atoms. The lowest BCUT2D eigenvalue weighted by molar-refractivity contribution is -0.134. The molecule has 1 aliphatic rings. The molecule has 27 heavy (non-hydrogen) atoms. The van der Waals surface area contributed by atoms with Crippen LogP contribution in [0.1, 0.15) is 33.2 Å². The summed E-state index contributed by atoms with van der Waals surface area (Å²) in [6.45, 7) is 1.69. The highest BCUT2D eigenvalue weighted by Gasteiger charge is 2.42. The predicted octanol–water partition coefficient (Wildman–Crippen LogP) is 3.78. The summed E-state index contributed by atoms with van der Waals surface area (Å²) in [6, 6.07) is 7.38. The Morgan fingerprint density at radius 1 is 1.07 bits per heavy atom. The Labute approximate surface area is 165 Å². The Balaban J connectivity index is 1.79. The van der Waals surface area contributed by atoms with Crippen molar-refractivity contribution in [1.82, 2.24) is 9.80 Å². The molecule has 140 valence electrons. The number of hydrogen-bond donors (Lipinski definition) is 0. The van der Waals surface area contributed by atoms with E-state index in [0.717, 1.165) is 10.5 Å². The van der Waals surface area contributed by atoms with E-state index in [1.165, 1.54) is 36.1 Å². The lowest BCUT2D eigenvalue weighted by Crippen LogP contribution is -2.48. The van der Waals surface area contributed by atoms with Crippen molar-refractivity contribution < 1.29 is 18.8 Å². The van der Waals surface area contributed by atoms with Crippen molar-refractivity contribution in [3.8, 4) is 0 Å². The number of fused-ring (bicyclic) bond motifs is 1. The molecule has 0 N–H and O–H groups in total. The average molecular weight is 409 g/mol. The Bertz CT molecular complexity index is 906. The lowest BCUT2D eigenvalue weighted by atomic mass is 10.1. The fourth-order valence-electron chi connectivity index (χ4n) is 2.98. The fourth-order valence-corrected chi connectivity index (χ4v) is 3.30. The van der Waals surface area contributed by atoms with Crippen LogP contribution < -0.4 is 0 Å². The van der Waals surface area contributed by atoms with Crippen LogP contribution in [-0.2, 0) is 11.3 Å². The maximum Gasteiger partial charge on any atom is 0.262 e. The average Bonchev–Trinajstić information content (AvgIpc) is 2.86. The maximum absolute atomic E-state index is 13.0. The minimum atomic E-state index is -1.01. The van der Waals surface area contributed by atoms with Crippen LogP contribution in [0.2, 0.25) is 10.0 Å². The number of likely N-dealkylation sites (N-methyl/N-ethyl adjacent to an activating group) is 1. The van der Waals surface area contributed by atoms with E-state index in [0.29, 0.717) is 0 Å². The number of nitrogens with zero attached hydrogens (tertiary/aromatic N) is 2. The first kappa shape index (κ1) is 19.3. The molecular formula is C19H15Cl2FN2O3. The van der Waals surface area contributed by atoms with Crippen molar-refractivity contribution in [2.45, 2.75) is 19.5 Å². The largest absolute Gasteiger partial charge is 0.340 e. The molecule has 0 aromatic heterocycles. The number of hydrogen-bond acceptors (Lipinski definition) is 3. The molecule has 0 saturated heterocycles. The molecule has 2 aromatic carbocycles. The van der Waals surface area contributed by atoms with E-state index >= 15 is 0 Å². The van der Waals surface area contributed by atoms with Gasteiger partial charge in [0.25, 0.3) is 11.8 Å².